The van der Waals surface area contributed by atoms with Gasteiger partial charge in [0.1, 0.15) is 11.5 Å². The molecule has 0 radical (unpaired) electrons. The average molecular weight is 362 g/mol. The van der Waals surface area contributed by atoms with E-state index in [-0.39, 0.29) is 30.3 Å². The molecule has 2 aromatic rings. The van der Waals surface area contributed by atoms with Gasteiger partial charge in [0.25, 0.3) is 5.91 Å². The molecule has 140 valence electrons. The third kappa shape index (κ3) is 4.33. The van der Waals surface area contributed by atoms with Gasteiger partial charge in [0.15, 0.2) is 6.61 Å². The number of nitrogens with one attached hydrogen (secondary N) is 1. The number of furan rings is 1. The second kappa shape index (κ2) is 8.37. The third-order valence-corrected chi connectivity index (χ3v) is 3.85. The molecule has 1 amide bonds. The lowest BCUT2D eigenvalue weighted by Gasteiger charge is -2.15. The van der Waals surface area contributed by atoms with Crippen molar-refractivity contribution in [2.75, 3.05) is 20.3 Å². The first-order valence-electron chi connectivity index (χ1n) is 8.14. The van der Waals surface area contributed by atoms with Crippen molar-refractivity contribution in [3.63, 3.8) is 0 Å². The SMILES string of the molecule is CCOC(=O)c1[nH]c(C)c(C(=O)OCC(=O)N(C)Cc2ccco2)c1C. The highest BCUT2D eigenvalue weighted by Gasteiger charge is 2.24. The molecule has 0 unspecified atom stereocenters. The molecule has 0 atom stereocenters. The summed E-state index contributed by atoms with van der Waals surface area (Å²) in [5.74, 6) is -0.956. The van der Waals surface area contributed by atoms with Gasteiger partial charge in [0, 0.05) is 12.7 Å². The van der Waals surface area contributed by atoms with E-state index in [9.17, 15) is 14.4 Å². The third-order valence-electron chi connectivity index (χ3n) is 3.85. The molecule has 8 nitrogen and oxygen atoms in total. The molecule has 0 aliphatic carbocycles. The van der Waals surface area contributed by atoms with Gasteiger partial charge >= 0.3 is 11.9 Å². The Morgan fingerprint density at radius 3 is 2.54 bits per heavy atom. The number of H-pyrrole nitrogens is 1. The van der Waals surface area contributed by atoms with Gasteiger partial charge in [-0.2, -0.15) is 0 Å². The van der Waals surface area contributed by atoms with E-state index < -0.39 is 18.5 Å². The predicted molar refractivity (Wildman–Crippen MR) is 91.7 cm³/mol. The molecule has 0 saturated carbocycles. The highest BCUT2D eigenvalue weighted by Crippen LogP contribution is 2.20. The summed E-state index contributed by atoms with van der Waals surface area (Å²) in [6.45, 7) is 5.07. The Morgan fingerprint density at radius 2 is 1.92 bits per heavy atom. The molecule has 0 saturated heterocycles. The van der Waals surface area contributed by atoms with Crippen LogP contribution in [0.15, 0.2) is 22.8 Å². The van der Waals surface area contributed by atoms with Crippen LogP contribution < -0.4 is 0 Å². The molecule has 2 heterocycles. The molecule has 2 rings (SSSR count). The lowest BCUT2D eigenvalue weighted by atomic mass is 10.1. The van der Waals surface area contributed by atoms with Crippen LogP contribution in [0.2, 0.25) is 0 Å². The van der Waals surface area contributed by atoms with Crippen LogP contribution in [0.25, 0.3) is 0 Å². The lowest BCUT2D eigenvalue weighted by molar-refractivity contribution is -0.134. The quantitative estimate of drug-likeness (QED) is 0.758. The van der Waals surface area contributed by atoms with E-state index in [1.54, 1.807) is 40.0 Å². The maximum absolute atomic E-state index is 12.3. The minimum atomic E-state index is -0.674. The largest absolute Gasteiger partial charge is 0.467 e. The number of aryl methyl sites for hydroxylation is 1. The molecule has 0 bridgehead atoms. The highest BCUT2D eigenvalue weighted by molar-refractivity contribution is 5.99. The Bertz CT molecular complexity index is 791. The number of esters is 2. The average Bonchev–Trinajstić information content (AvgIpc) is 3.20. The minimum absolute atomic E-state index is 0.206. The zero-order valence-corrected chi connectivity index (χ0v) is 15.3. The van der Waals surface area contributed by atoms with E-state index in [1.807, 2.05) is 0 Å². The number of hydrogen-bond acceptors (Lipinski definition) is 6. The van der Waals surface area contributed by atoms with Gasteiger partial charge in [-0.25, -0.2) is 9.59 Å². The number of aromatic amines is 1. The summed E-state index contributed by atoms with van der Waals surface area (Å²) >= 11 is 0. The summed E-state index contributed by atoms with van der Waals surface area (Å²) in [5.41, 5.74) is 1.35. The molecular weight excluding hydrogens is 340 g/mol. The Morgan fingerprint density at radius 1 is 1.19 bits per heavy atom. The normalized spacial score (nSPS) is 10.5. The van der Waals surface area contributed by atoms with Crippen molar-refractivity contribution >= 4 is 17.8 Å². The summed E-state index contributed by atoms with van der Waals surface area (Å²) in [6, 6.07) is 3.48. The van der Waals surface area contributed by atoms with Crippen molar-refractivity contribution < 1.29 is 28.3 Å². The molecule has 1 N–H and O–H groups in total. The molecule has 0 aliphatic heterocycles. The molecule has 8 heteroatoms. The summed E-state index contributed by atoms with van der Waals surface area (Å²) in [4.78, 5) is 40.6. The van der Waals surface area contributed by atoms with Crippen molar-refractivity contribution in [1.82, 2.24) is 9.88 Å². The molecule has 0 aromatic carbocycles. The van der Waals surface area contributed by atoms with Crippen molar-refractivity contribution in [3.05, 3.63) is 46.7 Å². The molecule has 0 aliphatic rings. The van der Waals surface area contributed by atoms with Crippen LogP contribution >= 0.6 is 0 Å². The first-order valence-corrected chi connectivity index (χ1v) is 8.14. The number of carbonyl (C=O) groups is 3. The number of amides is 1. The smallest absolute Gasteiger partial charge is 0.355 e. The fourth-order valence-electron chi connectivity index (χ4n) is 2.50. The second-order valence-electron chi connectivity index (χ2n) is 5.75. The minimum Gasteiger partial charge on any atom is -0.467 e. The van der Waals surface area contributed by atoms with Crippen LogP contribution in [0.3, 0.4) is 0 Å². The zero-order chi connectivity index (χ0) is 19.3. The fraction of sp³-hybridized carbons (Fsp3) is 0.389. The number of rotatable bonds is 7. The highest BCUT2D eigenvalue weighted by atomic mass is 16.5. The van der Waals surface area contributed by atoms with Crippen LogP contribution in [0, 0.1) is 13.8 Å². The molecule has 26 heavy (non-hydrogen) atoms. The zero-order valence-electron chi connectivity index (χ0n) is 15.3. The van der Waals surface area contributed by atoms with E-state index in [1.165, 1.54) is 11.2 Å². The molecule has 0 fully saturated rings. The van der Waals surface area contributed by atoms with E-state index in [2.05, 4.69) is 4.98 Å². The van der Waals surface area contributed by atoms with Gasteiger partial charge in [-0.3, -0.25) is 4.79 Å². The van der Waals surface area contributed by atoms with Gasteiger partial charge in [-0.1, -0.05) is 0 Å². The first-order chi connectivity index (χ1) is 12.3. The van der Waals surface area contributed by atoms with Crippen LogP contribution in [-0.2, 0) is 20.8 Å². The first kappa shape index (κ1) is 19.3. The van der Waals surface area contributed by atoms with E-state index in [4.69, 9.17) is 13.9 Å². The maximum atomic E-state index is 12.3. The lowest BCUT2D eigenvalue weighted by Crippen LogP contribution is -2.30. The summed E-state index contributed by atoms with van der Waals surface area (Å²) in [7, 11) is 1.59. The number of aromatic nitrogens is 1. The second-order valence-corrected chi connectivity index (χ2v) is 5.75. The number of ether oxygens (including phenoxy) is 2. The number of likely N-dealkylation sites (N-methyl/N-ethyl adjacent to an activating group) is 1. The number of nitrogens with zero attached hydrogens (tertiary/aromatic N) is 1. The topological polar surface area (TPSA) is 102 Å². The van der Waals surface area contributed by atoms with E-state index in [0.29, 0.717) is 17.0 Å². The van der Waals surface area contributed by atoms with Crippen LogP contribution in [-0.4, -0.2) is 48.0 Å². The monoisotopic (exact) mass is 362 g/mol. The van der Waals surface area contributed by atoms with E-state index in [0.717, 1.165) is 0 Å². The summed E-state index contributed by atoms with van der Waals surface area (Å²) in [5, 5.41) is 0. The fourth-order valence-corrected chi connectivity index (χ4v) is 2.50. The predicted octanol–water partition coefficient (Wildman–Crippen LogP) is 2.22. The number of hydrogen-bond donors (Lipinski definition) is 1. The van der Waals surface area contributed by atoms with Crippen molar-refractivity contribution in [3.8, 4) is 0 Å². The van der Waals surface area contributed by atoms with Crippen LogP contribution in [0.1, 0.15) is 44.8 Å². The van der Waals surface area contributed by atoms with Crippen LogP contribution in [0.5, 0.6) is 0 Å². The Balaban J connectivity index is 1.99. The Hall–Kier alpha value is -3.03. The van der Waals surface area contributed by atoms with Gasteiger partial charge < -0.3 is 23.8 Å². The molecular formula is C18H22N2O6. The summed E-state index contributed by atoms with van der Waals surface area (Å²) in [6.07, 6.45) is 1.52. The standard InChI is InChI=1S/C18H22N2O6/c1-5-24-18(23)16-11(2)15(12(3)19-16)17(22)26-10-14(21)20(4)9-13-7-6-8-25-13/h6-8,19H,5,9-10H2,1-4H3. The van der Waals surface area contributed by atoms with Gasteiger partial charge in [0.2, 0.25) is 0 Å². The van der Waals surface area contributed by atoms with E-state index >= 15 is 0 Å². The van der Waals surface area contributed by atoms with Crippen LogP contribution in [0.4, 0.5) is 0 Å². The van der Waals surface area contributed by atoms with Gasteiger partial charge in [0.05, 0.1) is 25.0 Å². The molecule has 2 aromatic heterocycles. The van der Waals surface area contributed by atoms with Crippen molar-refractivity contribution in [1.29, 1.82) is 0 Å². The molecule has 0 spiro atoms. The summed E-state index contributed by atoms with van der Waals surface area (Å²) < 4.78 is 15.2. The van der Waals surface area contributed by atoms with Gasteiger partial charge in [-0.05, 0) is 38.5 Å². The van der Waals surface area contributed by atoms with Gasteiger partial charge in [-0.15, -0.1) is 0 Å². The van der Waals surface area contributed by atoms with Crippen molar-refractivity contribution in [2.45, 2.75) is 27.3 Å². The number of carbonyl (C=O) groups excluding carboxylic acids is 3. The van der Waals surface area contributed by atoms with Crippen molar-refractivity contribution in [2.24, 2.45) is 0 Å². The Labute approximate surface area is 151 Å². The Kier molecular flexibility index (Phi) is 6.21. The maximum Gasteiger partial charge on any atom is 0.355 e.